The van der Waals surface area contributed by atoms with Crippen LogP contribution in [-0.2, 0) is 57.5 Å². The molecule has 2 fully saturated rings. The second-order valence-corrected chi connectivity index (χ2v) is 30.3. The number of hydrogen-bond acceptors (Lipinski definition) is 17. The van der Waals surface area contributed by atoms with Gasteiger partial charge in [0.1, 0.15) is 78.8 Å². The highest BCUT2D eigenvalue weighted by Crippen LogP contribution is 2.29. The number of carbonyl (C=O) groups excluding carboxylic acids is 11. The van der Waals surface area contributed by atoms with Gasteiger partial charge in [-0.1, -0.05) is 109 Å². The molecule has 11 amide bonds. The lowest BCUT2D eigenvalue weighted by Crippen LogP contribution is -2.64. The van der Waals surface area contributed by atoms with Gasteiger partial charge >= 0.3 is 5.69 Å². The Morgan fingerprint density at radius 3 is 1.49 bits per heavy atom. The molecule has 2 saturated heterocycles. The van der Waals surface area contributed by atoms with Gasteiger partial charge < -0.3 is 75.6 Å². The molecule has 1 aromatic heterocycles. The van der Waals surface area contributed by atoms with E-state index in [-0.39, 0.29) is 63.0 Å². The molecule has 103 heavy (non-hydrogen) atoms. The van der Waals surface area contributed by atoms with E-state index >= 15 is 9.59 Å². The van der Waals surface area contributed by atoms with Crippen LogP contribution in [0.25, 0.3) is 0 Å². The lowest BCUT2D eigenvalue weighted by Gasteiger charge is -2.41. The number of aromatic amines is 1. The van der Waals surface area contributed by atoms with Crippen molar-refractivity contribution in [1.82, 2.24) is 65.1 Å². The Hall–Kier alpha value is -7.57. The third-order valence-corrected chi connectivity index (χ3v) is 19.5. The van der Waals surface area contributed by atoms with Gasteiger partial charge in [0.15, 0.2) is 0 Å². The Labute approximate surface area is 610 Å². The summed E-state index contributed by atoms with van der Waals surface area (Å²) in [6.07, 6.45) is 2.29. The summed E-state index contributed by atoms with van der Waals surface area (Å²) in [5.41, 5.74) is -0.643. The standard InChI is InChI=1S/C63H113N11O12.C10H14N2O5/c1-26-29-30-40(16)52(75)51-56(79)66-44(27-2)59(82)68(20)43(19)58(81)74(28-3)49(38(12)13)55(78)67-48(37(10)11)62(85)69(21)45(31-34(4)5)54(77)64-41(17)53(76)65-42(18)57(80)70(22)46(32-35(6)7)60(83)71(23)47(33-36(8)9)61(84)72(24)50(39(14)15)63(86)73(51)25;1-5-3-12(10(16)11-9(5)15)8-2-6(14)7(4-13)17-8/h26,29,34-52,75H,27-28,30-33H2,1-25H3,(H,64,77)(H,65,76)(H,66,79)(H,67,78);3,6-8,13-14H,2,4H2,1H3,(H,11,15,16)/b29-26+;/t40-,41+,42-,43-,44+,45+,46+,47+,48+,49+,50+,51+,52-;6-,7+,8+/m11/s1. The predicted octanol–water partition coefficient (Wildman–Crippen LogP) is 2.14. The molecule has 8 N–H and O–H groups in total. The first-order chi connectivity index (χ1) is 47.7. The monoisotopic (exact) mass is 1460 g/mol. The molecule has 0 saturated carbocycles. The minimum absolute atomic E-state index is 0.0109. The van der Waals surface area contributed by atoms with E-state index in [1.54, 1.807) is 82.2 Å². The van der Waals surface area contributed by atoms with Crippen molar-refractivity contribution >= 4 is 65.0 Å². The fraction of sp³-hybridized carbons (Fsp3) is 0.767. The number of hydrogen-bond donors (Lipinski definition) is 8. The first kappa shape index (κ1) is 91.5. The zero-order valence-electron chi connectivity index (χ0n) is 66.2. The molecule has 586 valence electrons. The molecule has 0 aliphatic carbocycles. The molecule has 0 bridgehead atoms. The maximum Gasteiger partial charge on any atom is 0.330 e. The van der Waals surface area contributed by atoms with E-state index in [1.165, 1.54) is 103 Å². The second-order valence-electron chi connectivity index (χ2n) is 30.3. The van der Waals surface area contributed by atoms with Crippen LogP contribution in [0.4, 0.5) is 0 Å². The number of amides is 11. The van der Waals surface area contributed by atoms with Gasteiger partial charge in [0, 0.05) is 67.0 Å². The normalized spacial score (nSPS) is 27.8. The largest absolute Gasteiger partial charge is 0.394 e. The number of nitrogens with zero attached hydrogens (tertiary/aromatic N) is 8. The summed E-state index contributed by atoms with van der Waals surface area (Å²) in [6.45, 7) is 34.1. The van der Waals surface area contributed by atoms with Crippen molar-refractivity contribution in [3.8, 4) is 0 Å². The highest BCUT2D eigenvalue weighted by atomic mass is 16.5. The number of rotatable bonds is 17. The van der Waals surface area contributed by atoms with Crippen LogP contribution in [0.5, 0.6) is 0 Å². The number of carbonyl (C=O) groups is 11. The zero-order valence-corrected chi connectivity index (χ0v) is 66.2. The van der Waals surface area contributed by atoms with E-state index in [1.807, 2.05) is 47.6 Å². The first-order valence-corrected chi connectivity index (χ1v) is 36.4. The van der Waals surface area contributed by atoms with Crippen molar-refractivity contribution in [3.05, 3.63) is 44.8 Å². The molecule has 30 heteroatoms. The number of ether oxygens (including phenoxy) is 1. The van der Waals surface area contributed by atoms with E-state index in [9.17, 15) is 63.0 Å². The average Bonchev–Trinajstić information content (AvgIpc) is 1.67. The topological polar surface area (TPSA) is 383 Å². The Morgan fingerprint density at radius 2 is 1.02 bits per heavy atom. The van der Waals surface area contributed by atoms with Crippen LogP contribution < -0.4 is 32.5 Å². The summed E-state index contributed by atoms with van der Waals surface area (Å²) >= 11 is 0. The van der Waals surface area contributed by atoms with Crippen LogP contribution in [-0.4, -0.2) is 264 Å². The number of aryl methyl sites for hydroxylation is 1. The molecule has 16 atom stereocenters. The lowest BCUT2D eigenvalue weighted by atomic mass is 9.91. The Morgan fingerprint density at radius 1 is 0.544 bits per heavy atom. The van der Waals surface area contributed by atoms with Crippen molar-refractivity contribution in [3.63, 3.8) is 0 Å². The predicted molar refractivity (Wildman–Crippen MR) is 391 cm³/mol. The highest BCUT2D eigenvalue weighted by molar-refractivity contribution is 6.00. The molecule has 2 aliphatic rings. The van der Waals surface area contributed by atoms with Gasteiger partial charge in [0.25, 0.3) is 5.56 Å². The van der Waals surface area contributed by atoms with Gasteiger partial charge in [-0.05, 0) is 115 Å². The zero-order chi connectivity index (χ0) is 79.4. The number of aromatic nitrogens is 2. The molecule has 0 aromatic carbocycles. The Kier molecular flexibility index (Phi) is 36.6. The molecular weight excluding hydrogens is 1330 g/mol. The van der Waals surface area contributed by atoms with Gasteiger partial charge in [0.05, 0.1) is 18.8 Å². The summed E-state index contributed by atoms with van der Waals surface area (Å²) in [4.78, 5) is 195. The third kappa shape index (κ3) is 24.2. The van der Waals surface area contributed by atoms with Crippen LogP contribution in [0.15, 0.2) is 27.9 Å². The van der Waals surface area contributed by atoms with Crippen molar-refractivity contribution in [2.24, 2.45) is 41.4 Å². The van der Waals surface area contributed by atoms with E-state index < -0.39 is 191 Å². The van der Waals surface area contributed by atoms with Gasteiger partial charge in [-0.25, -0.2) is 4.79 Å². The molecule has 30 nitrogen and oxygen atoms in total. The van der Waals surface area contributed by atoms with Crippen LogP contribution >= 0.6 is 0 Å². The van der Waals surface area contributed by atoms with E-state index in [0.29, 0.717) is 12.0 Å². The number of aliphatic hydroxyl groups excluding tert-OH is 3. The van der Waals surface area contributed by atoms with Crippen LogP contribution in [0.3, 0.4) is 0 Å². The van der Waals surface area contributed by atoms with E-state index in [4.69, 9.17) is 9.84 Å². The van der Waals surface area contributed by atoms with Crippen LogP contribution in [0.2, 0.25) is 0 Å². The Bertz CT molecular complexity index is 3200. The summed E-state index contributed by atoms with van der Waals surface area (Å²) < 4.78 is 6.54. The van der Waals surface area contributed by atoms with Crippen molar-refractivity contribution in [2.75, 3.05) is 55.4 Å². The number of allylic oxidation sites excluding steroid dienone is 2. The summed E-state index contributed by atoms with van der Waals surface area (Å²) in [5.74, 6) is -10.1. The molecule has 0 spiro atoms. The highest BCUT2D eigenvalue weighted by Gasteiger charge is 2.47. The third-order valence-electron chi connectivity index (χ3n) is 19.5. The average molecular weight is 1460 g/mol. The van der Waals surface area contributed by atoms with Crippen LogP contribution in [0, 0.1) is 48.3 Å². The lowest BCUT2D eigenvalue weighted by molar-refractivity contribution is -0.157. The van der Waals surface area contributed by atoms with Crippen LogP contribution in [0.1, 0.15) is 182 Å². The minimum atomic E-state index is -1.62. The fourth-order valence-electron chi connectivity index (χ4n) is 12.9. The van der Waals surface area contributed by atoms with Gasteiger partial charge in [-0.15, -0.1) is 0 Å². The maximum atomic E-state index is 15.2. The molecule has 3 heterocycles. The molecule has 1 aromatic rings. The molecule has 0 radical (unpaired) electrons. The Balaban J connectivity index is 0.00000183. The number of aliphatic hydroxyl groups is 3. The molecular formula is C73H127N13O17. The summed E-state index contributed by atoms with van der Waals surface area (Å²) in [6, 6.07) is -13.6. The summed E-state index contributed by atoms with van der Waals surface area (Å²) in [5, 5.41) is 41.7. The second kappa shape index (κ2) is 41.2. The molecule has 0 unspecified atom stereocenters. The summed E-state index contributed by atoms with van der Waals surface area (Å²) in [7, 11) is 8.53. The van der Waals surface area contributed by atoms with Gasteiger partial charge in [0.2, 0.25) is 65.0 Å². The quantitative estimate of drug-likeness (QED) is 0.104. The van der Waals surface area contributed by atoms with Crippen molar-refractivity contribution in [1.29, 1.82) is 0 Å². The van der Waals surface area contributed by atoms with Gasteiger partial charge in [-0.2, -0.15) is 0 Å². The number of nitrogens with one attached hydrogen (secondary N) is 5. The number of H-pyrrole nitrogens is 1. The smallest absolute Gasteiger partial charge is 0.330 e. The SMILES string of the molecule is C/C=C/C[C@@H](C)[C@@H](O)[C@H]1C(=O)N[C@@H](CC)C(=O)N(C)[C@H](C)C(=O)N(CC)[C@@H](C(C)C)C(=O)N[C@@H](C(C)C)C(=O)N(C)[C@@H](CC(C)C)C(=O)N[C@@H](C)C(=O)N[C@H](C)C(=O)N(C)[C@@H](CC(C)C)C(=O)N(C)[C@@H](CC(C)C)C(=O)N(C)[C@@H](C(C)C)C(=O)N1C.Cc1cn([C@@H]2C[C@@H](O)[C@H](CO)O2)c(=O)[nH]c1=O. The fourth-order valence-corrected chi connectivity index (χ4v) is 12.9. The maximum absolute atomic E-state index is 15.2. The van der Waals surface area contributed by atoms with E-state index in [0.717, 1.165) is 4.90 Å². The molecule has 3 rings (SSSR count). The van der Waals surface area contributed by atoms with E-state index in [2.05, 4.69) is 26.3 Å². The first-order valence-electron chi connectivity index (χ1n) is 36.4. The van der Waals surface area contributed by atoms with Gasteiger partial charge in [-0.3, -0.25) is 67.1 Å². The molecule has 2 aliphatic heterocycles. The van der Waals surface area contributed by atoms with Crippen molar-refractivity contribution in [2.45, 2.75) is 268 Å². The minimum Gasteiger partial charge on any atom is -0.394 e. The van der Waals surface area contributed by atoms with Crippen molar-refractivity contribution < 1.29 is 72.8 Å². The number of likely N-dealkylation sites (N-methyl/N-ethyl adjacent to an activating group) is 7.